The summed E-state index contributed by atoms with van der Waals surface area (Å²) >= 11 is 6.90. The Morgan fingerprint density at radius 3 is 2.63 bits per heavy atom. The molecule has 154 valence electrons. The molecular weight excluding hydrogens is 431 g/mol. The molecular formula is C21H16ClFN2O4S. The van der Waals surface area contributed by atoms with Crippen molar-refractivity contribution in [1.29, 1.82) is 0 Å². The molecule has 1 aliphatic rings. The Morgan fingerprint density at radius 1 is 1.23 bits per heavy atom. The Bertz CT molecular complexity index is 1190. The number of esters is 1. The van der Waals surface area contributed by atoms with E-state index in [-0.39, 0.29) is 28.8 Å². The second kappa shape index (κ2) is 8.04. The molecule has 3 aromatic rings. The monoisotopic (exact) mass is 446 g/mol. The summed E-state index contributed by atoms with van der Waals surface area (Å²) in [5, 5.41) is -0.0617. The Balaban J connectivity index is 1.92. The van der Waals surface area contributed by atoms with Crippen molar-refractivity contribution in [3.8, 4) is 0 Å². The molecule has 0 aliphatic carbocycles. The summed E-state index contributed by atoms with van der Waals surface area (Å²) in [6, 6.07) is 13.1. The molecule has 6 nitrogen and oxygen atoms in total. The summed E-state index contributed by atoms with van der Waals surface area (Å²) < 4.78 is 19.6. The van der Waals surface area contributed by atoms with E-state index in [9.17, 15) is 18.8 Å². The number of methoxy groups -OCH3 is 1. The number of nitrogens with zero attached hydrogens (tertiary/aromatic N) is 2. The van der Waals surface area contributed by atoms with Crippen LogP contribution in [0.15, 0.2) is 53.3 Å². The maximum atomic E-state index is 13.7. The van der Waals surface area contributed by atoms with Gasteiger partial charge in [-0.25, -0.2) is 4.39 Å². The molecule has 0 saturated heterocycles. The summed E-state index contributed by atoms with van der Waals surface area (Å²) in [7, 11) is 1.23. The first kappa shape index (κ1) is 20.3. The molecule has 1 aliphatic heterocycles. The summed E-state index contributed by atoms with van der Waals surface area (Å²) in [5.74, 6) is -1.59. The summed E-state index contributed by atoms with van der Waals surface area (Å²) in [4.78, 5) is 39.6. The predicted molar refractivity (Wildman–Crippen MR) is 112 cm³/mol. The average molecular weight is 447 g/mol. The Morgan fingerprint density at radius 2 is 1.97 bits per heavy atom. The normalized spacial score (nSPS) is 15.8. The van der Waals surface area contributed by atoms with Gasteiger partial charge in [-0.3, -0.25) is 23.9 Å². The molecule has 0 unspecified atom stereocenters. The number of anilines is 2. The number of thiazole rings is 1. The highest BCUT2D eigenvalue weighted by Gasteiger charge is 2.38. The Hall–Kier alpha value is -2.97. The molecule has 30 heavy (non-hydrogen) atoms. The van der Waals surface area contributed by atoms with Gasteiger partial charge in [0, 0.05) is 12.3 Å². The SMILES string of the molecule is COC(=O)Cn1c2c(sc1=O)[C@H](c1ccc(F)c(Cl)c1)CC(=O)N2c1ccccc1. The van der Waals surface area contributed by atoms with E-state index in [1.807, 2.05) is 6.07 Å². The number of hydrogen-bond donors (Lipinski definition) is 0. The zero-order valence-electron chi connectivity index (χ0n) is 15.8. The van der Waals surface area contributed by atoms with E-state index in [4.69, 9.17) is 16.3 Å². The van der Waals surface area contributed by atoms with Crippen molar-refractivity contribution in [3.05, 3.63) is 79.5 Å². The number of carbonyl (C=O) groups is 2. The van der Waals surface area contributed by atoms with Gasteiger partial charge >= 0.3 is 10.8 Å². The number of benzene rings is 2. The fourth-order valence-electron chi connectivity index (χ4n) is 3.52. The van der Waals surface area contributed by atoms with Gasteiger partial charge in [0.25, 0.3) is 0 Å². The third-order valence-electron chi connectivity index (χ3n) is 4.93. The number of para-hydroxylation sites is 1. The average Bonchev–Trinajstić information content (AvgIpc) is 3.06. The van der Waals surface area contributed by atoms with E-state index in [1.54, 1.807) is 30.3 Å². The van der Waals surface area contributed by atoms with Crippen molar-refractivity contribution in [2.45, 2.75) is 18.9 Å². The molecule has 9 heteroatoms. The van der Waals surface area contributed by atoms with E-state index in [2.05, 4.69) is 0 Å². The molecule has 0 N–H and O–H groups in total. The largest absolute Gasteiger partial charge is 0.468 e. The molecule has 1 aromatic heterocycles. The molecule has 1 amide bonds. The van der Waals surface area contributed by atoms with Gasteiger partial charge in [-0.2, -0.15) is 0 Å². The van der Waals surface area contributed by atoms with Gasteiger partial charge in [0.2, 0.25) is 5.91 Å². The quantitative estimate of drug-likeness (QED) is 0.566. The first-order chi connectivity index (χ1) is 14.4. The molecule has 2 heterocycles. The van der Waals surface area contributed by atoms with E-state index in [0.29, 0.717) is 21.9 Å². The van der Waals surface area contributed by atoms with Crippen LogP contribution in [-0.2, 0) is 20.9 Å². The van der Waals surface area contributed by atoms with Gasteiger partial charge in [0.1, 0.15) is 18.2 Å². The van der Waals surface area contributed by atoms with Gasteiger partial charge in [0.05, 0.1) is 22.7 Å². The first-order valence-electron chi connectivity index (χ1n) is 9.04. The van der Waals surface area contributed by atoms with Crippen molar-refractivity contribution in [1.82, 2.24) is 4.57 Å². The number of fused-ring (bicyclic) bond motifs is 1. The lowest BCUT2D eigenvalue weighted by molar-refractivity contribution is -0.141. The summed E-state index contributed by atoms with van der Waals surface area (Å²) in [5.41, 5.74) is 1.20. The van der Waals surface area contributed by atoms with Crippen LogP contribution < -0.4 is 9.77 Å². The summed E-state index contributed by atoms with van der Waals surface area (Å²) in [6.07, 6.45) is 0.0715. The lowest BCUT2D eigenvalue weighted by Crippen LogP contribution is -2.36. The van der Waals surface area contributed by atoms with Crippen LogP contribution in [0.5, 0.6) is 0 Å². The van der Waals surface area contributed by atoms with E-state index in [0.717, 1.165) is 11.3 Å². The lowest BCUT2D eigenvalue weighted by atomic mass is 9.90. The Kier molecular flexibility index (Phi) is 5.44. The van der Waals surface area contributed by atoms with Gasteiger partial charge in [0.15, 0.2) is 0 Å². The van der Waals surface area contributed by atoms with Crippen LogP contribution in [0, 0.1) is 5.82 Å². The fraction of sp³-hybridized carbons (Fsp3) is 0.190. The smallest absolute Gasteiger partial charge is 0.325 e. The molecule has 4 rings (SSSR count). The number of aromatic nitrogens is 1. The molecule has 2 aromatic carbocycles. The van der Waals surface area contributed by atoms with Gasteiger partial charge in [-0.1, -0.05) is 47.2 Å². The Labute approximate surface area is 180 Å². The van der Waals surface area contributed by atoms with Crippen LogP contribution in [0.25, 0.3) is 0 Å². The second-order valence-corrected chi connectivity index (χ2v) is 8.11. The fourth-order valence-corrected chi connectivity index (χ4v) is 4.82. The van der Waals surface area contributed by atoms with E-state index in [1.165, 1.54) is 28.7 Å². The van der Waals surface area contributed by atoms with Gasteiger partial charge in [-0.05, 0) is 29.8 Å². The highest BCUT2D eigenvalue weighted by Crippen LogP contribution is 2.45. The molecule has 0 bridgehead atoms. The highest BCUT2D eigenvalue weighted by atomic mass is 35.5. The molecule has 0 saturated carbocycles. The number of carbonyl (C=O) groups excluding carboxylic acids is 2. The van der Waals surface area contributed by atoms with Crippen LogP contribution in [-0.4, -0.2) is 23.6 Å². The van der Waals surface area contributed by atoms with Crippen molar-refractivity contribution >= 4 is 46.3 Å². The van der Waals surface area contributed by atoms with Crippen LogP contribution in [0.1, 0.15) is 22.8 Å². The number of rotatable bonds is 4. The van der Waals surface area contributed by atoms with Crippen LogP contribution in [0.4, 0.5) is 15.9 Å². The molecule has 0 fully saturated rings. The topological polar surface area (TPSA) is 68.6 Å². The van der Waals surface area contributed by atoms with Crippen molar-refractivity contribution in [2.24, 2.45) is 0 Å². The van der Waals surface area contributed by atoms with Crippen molar-refractivity contribution in [3.63, 3.8) is 0 Å². The van der Waals surface area contributed by atoms with E-state index < -0.39 is 17.7 Å². The van der Waals surface area contributed by atoms with Crippen LogP contribution in [0.2, 0.25) is 5.02 Å². The zero-order valence-corrected chi connectivity index (χ0v) is 17.4. The van der Waals surface area contributed by atoms with Gasteiger partial charge in [-0.15, -0.1) is 0 Å². The first-order valence-corrected chi connectivity index (χ1v) is 10.2. The number of halogens is 2. The summed E-state index contributed by atoms with van der Waals surface area (Å²) in [6.45, 7) is -0.325. The molecule has 1 atom stereocenters. The minimum absolute atomic E-state index is 0.0617. The predicted octanol–water partition coefficient (Wildman–Crippen LogP) is 4.08. The standard InChI is InChI=1S/C21H16ClFN2O4S/c1-29-18(27)11-24-20-19(30-21(24)28)14(12-7-8-16(23)15(22)9-12)10-17(26)25(20)13-5-3-2-4-6-13/h2-9,14H,10-11H2,1H3/t14-/m0/s1. The van der Waals surface area contributed by atoms with Crippen LogP contribution >= 0.6 is 22.9 Å². The highest BCUT2D eigenvalue weighted by molar-refractivity contribution is 7.10. The number of hydrogen-bond acceptors (Lipinski definition) is 5. The van der Waals surface area contributed by atoms with Gasteiger partial charge < -0.3 is 4.74 Å². The second-order valence-electron chi connectivity index (χ2n) is 6.71. The van der Waals surface area contributed by atoms with Crippen LogP contribution in [0.3, 0.4) is 0 Å². The minimum Gasteiger partial charge on any atom is -0.468 e. The van der Waals surface area contributed by atoms with Crippen molar-refractivity contribution in [2.75, 3.05) is 12.0 Å². The number of amides is 1. The third-order valence-corrected chi connectivity index (χ3v) is 6.30. The third kappa shape index (κ3) is 3.53. The van der Waals surface area contributed by atoms with Crippen molar-refractivity contribution < 1.29 is 18.7 Å². The molecule has 0 spiro atoms. The number of ether oxygens (including phenoxy) is 1. The maximum absolute atomic E-state index is 13.7. The maximum Gasteiger partial charge on any atom is 0.325 e. The zero-order chi connectivity index (χ0) is 21.4. The molecule has 0 radical (unpaired) electrons. The van der Waals surface area contributed by atoms with E-state index >= 15 is 0 Å². The lowest BCUT2D eigenvalue weighted by Gasteiger charge is -2.32. The minimum atomic E-state index is -0.606.